The quantitative estimate of drug-likeness (QED) is 0.568. The molecule has 4 rings (SSSR count). The normalized spacial score (nSPS) is 15.9. The Labute approximate surface area is 181 Å². The number of fused-ring (bicyclic) bond motifs is 1. The van der Waals surface area contributed by atoms with Gasteiger partial charge in [0, 0.05) is 0 Å². The lowest BCUT2D eigenvalue weighted by Crippen LogP contribution is -2.35. The zero-order valence-corrected chi connectivity index (χ0v) is 18.1. The number of aromatic nitrogens is 4. The van der Waals surface area contributed by atoms with Gasteiger partial charge in [-0.15, -0.1) is 0 Å². The van der Waals surface area contributed by atoms with Gasteiger partial charge >= 0.3 is 0 Å². The van der Waals surface area contributed by atoms with Crippen LogP contribution in [-0.4, -0.2) is 31.7 Å². The van der Waals surface area contributed by atoms with E-state index in [0.717, 1.165) is 36.2 Å². The molecule has 3 aromatic heterocycles. The Kier molecular flexibility index (Phi) is 6.43. The highest BCUT2D eigenvalue weighted by atomic mass is 32.2. The van der Waals surface area contributed by atoms with E-state index in [4.69, 9.17) is 0 Å². The number of halogens is 1. The number of thioether (sulfide) groups is 1. The third kappa shape index (κ3) is 4.54. The molecule has 0 saturated heterocycles. The maximum atomic E-state index is 13.2. The second kappa shape index (κ2) is 9.22. The van der Waals surface area contributed by atoms with E-state index in [-0.39, 0.29) is 22.8 Å². The van der Waals surface area contributed by atoms with Crippen LogP contribution < -0.4 is 10.9 Å². The third-order valence-electron chi connectivity index (χ3n) is 5.40. The summed E-state index contributed by atoms with van der Waals surface area (Å²) in [7, 11) is 0. The lowest BCUT2D eigenvalue weighted by atomic mass is 9.84. The van der Waals surface area contributed by atoms with Crippen molar-refractivity contribution in [2.45, 2.75) is 48.9 Å². The lowest BCUT2D eigenvalue weighted by Gasteiger charge is -2.26. The molecule has 1 N–H and O–H groups in total. The van der Waals surface area contributed by atoms with Gasteiger partial charge in [-0.3, -0.25) is 14.2 Å². The van der Waals surface area contributed by atoms with E-state index in [1.54, 1.807) is 0 Å². The summed E-state index contributed by atoms with van der Waals surface area (Å²) in [5.74, 6) is -0.236. The van der Waals surface area contributed by atoms with Gasteiger partial charge in [-0.25, -0.2) is 19.3 Å². The minimum Gasteiger partial charge on any atom is -0.309 e. The summed E-state index contributed by atoms with van der Waals surface area (Å²) in [4.78, 5) is 39.6. The van der Waals surface area contributed by atoms with Crippen LogP contribution in [-0.2, 0) is 4.79 Å². The highest BCUT2D eigenvalue weighted by molar-refractivity contribution is 8.00. The zero-order chi connectivity index (χ0) is 21.1. The summed E-state index contributed by atoms with van der Waals surface area (Å²) in [5, 5.41) is 2.72. The van der Waals surface area contributed by atoms with Gasteiger partial charge in [-0.05, 0) is 30.7 Å². The Hall–Kier alpha value is -2.33. The molecule has 0 bridgehead atoms. The fourth-order valence-electron chi connectivity index (χ4n) is 3.86. The van der Waals surface area contributed by atoms with Crippen LogP contribution in [0.3, 0.4) is 0 Å². The minimum absolute atomic E-state index is 0.246. The predicted octanol–water partition coefficient (Wildman–Crippen LogP) is 4.26. The van der Waals surface area contributed by atoms with Crippen LogP contribution in [0.4, 0.5) is 10.2 Å². The summed E-state index contributed by atoms with van der Waals surface area (Å²) in [6.07, 6.45) is 10.5. The summed E-state index contributed by atoms with van der Waals surface area (Å²) in [6, 6.07) is 1.90. The van der Waals surface area contributed by atoms with Crippen LogP contribution in [0.15, 0.2) is 33.8 Å². The molecule has 1 atom stereocenters. The van der Waals surface area contributed by atoms with Crippen molar-refractivity contribution in [3.63, 3.8) is 0 Å². The second-order valence-corrected chi connectivity index (χ2v) is 9.43. The number of carbonyl (C=O) groups excluding carboxylic acids is 1. The van der Waals surface area contributed by atoms with E-state index in [2.05, 4.69) is 20.3 Å². The number of rotatable bonds is 6. The van der Waals surface area contributed by atoms with Crippen LogP contribution in [0.1, 0.15) is 44.6 Å². The fraction of sp³-hybridized carbons (Fsp3) is 0.450. The van der Waals surface area contributed by atoms with Crippen molar-refractivity contribution in [1.29, 1.82) is 0 Å². The first kappa shape index (κ1) is 20.9. The maximum absolute atomic E-state index is 13.2. The van der Waals surface area contributed by atoms with E-state index >= 15 is 0 Å². The Bertz CT molecular complexity index is 1090. The van der Waals surface area contributed by atoms with Crippen LogP contribution in [0, 0.1) is 11.7 Å². The molecule has 0 aliphatic heterocycles. The van der Waals surface area contributed by atoms with E-state index in [1.165, 1.54) is 52.5 Å². The van der Waals surface area contributed by atoms with Crippen LogP contribution in [0.2, 0.25) is 0 Å². The first-order chi connectivity index (χ1) is 14.5. The molecule has 1 unspecified atom stereocenters. The Morgan fingerprint density at radius 2 is 2.13 bits per heavy atom. The SMILES string of the molecule is CSc1nc2c(=O)n(C(CC3CCCCC3)C(=O)Nc3ccc(F)cn3)cnc2s1. The first-order valence-corrected chi connectivity index (χ1v) is 11.9. The molecule has 158 valence electrons. The molecular weight excluding hydrogens is 425 g/mol. The molecule has 3 heterocycles. The number of hydrogen-bond acceptors (Lipinski definition) is 7. The highest BCUT2D eigenvalue weighted by Crippen LogP contribution is 2.31. The minimum atomic E-state index is -0.733. The average molecular weight is 448 g/mol. The van der Waals surface area contributed by atoms with Crippen molar-refractivity contribution in [2.75, 3.05) is 11.6 Å². The van der Waals surface area contributed by atoms with E-state index < -0.39 is 11.9 Å². The molecule has 10 heteroatoms. The zero-order valence-electron chi connectivity index (χ0n) is 16.5. The molecule has 1 amide bonds. The van der Waals surface area contributed by atoms with Gasteiger partial charge < -0.3 is 5.32 Å². The van der Waals surface area contributed by atoms with Gasteiger partial charge in [0.1, 0.15) is 17.7 Å². The topological polar surface area (TPSA) is 89.8 Å². The average Bonchev–Trinajstić information content (AvgIpc) is 3.19. The standard InChI is InChI=1S/C20H22FN5O2S2/c1-29-20-25-16-18(30-20)23-11-26(19(16)28)14(9-12-5-3-2-4-6-12)17(27)24-15-8-7-13(21)10-22-15/h7-8,10-12,14H,2-6,9H2,1H3,(H,22,24,27). The molecule has 0 spiro atoms. The van der Waals surface area contributed by atoms with Crippen molar-refractivity contribution in [2.24, 2.45) is 5.92 Å². The monoisotopic (exact) mass is 447 g/mol. The Balaban J connectivity index is 1.68. The number of amides is 1. The van der Waals surface area contributed by atoms with Gasteiger partial charge in [0.05, 0.1) is 12.5 Å². The van der Waals surface area contributed by atoms with Crippen molar-refractivity contribution >= 4 is 45.2 Å². The van der Waals surface area contributed by atoms with Gasteiger partial charge in [0.15, 0.2) is 14.7 Å². The molecule has 7 nitrogen and oxygen atoms in total. The van der Waals surface area contributed by atoms with Gasteiger partial charge in [-0.2, -0.15) is 0 Å². The van der Waals surface area contributed by atoms with Crippen molar-refractivity contribution < 1.29 is 9.18 Å². The van der Waals surface area contributed by atoms with Crippen molar-refractivity contribution in [3.8, 4) is 0 Å². The molecule has 1 aliphatic rings. The van der Waals surface area contributed by atoms with Crippen molar-refractivity contribution in [1.82, 2.24) is 19.5 Å². The summed E-state index contributed by atoms with van der Waals surface area (Å²) in [6.45, 7) is 0. The van der Waals surface area contributed by atoms with Crippen LogP contribution in [0.25, 0.3) is 10.3 Å². The molecule has 0 aromatic carbocycles. The van der Waals surface area contributed by atoms with Gasteiger partial charge in [0.2, 0.25) is 5.91 Å². The Morgan fingerprint density at radius 1 is 1.33 bits per heavy atom. The number of nitrogens with zero attached hydrogens (tertiary/aromatic N) is 4. The molecule has 0 radical (unpaired) electrons. The predicted molar refractivity (Wildman–Crippen MR) is 117 cm³/mol. The number of hydrogen-bond donors (Lipinski definition) is 1. The van der Waals surface area contributed by atoms with Crippen LogP contribution in [0.5, 0.6) is 0 Å². The van der Waals surface area contributed by atoms with E-state index in [9.17, 15) is 14.0 Å². The second-order valence-electron chi connectivity index (χ2n) is 7.40. The summed E-state index contributed by atoms with van der Waals surface area (Å²) >= 11 is 2.82. The number of nitrogens with one attached hydrogen (secondary N) is 1. The lowest BCUT2D eigenvalue weighted by molar-refractivity contribution is -0.120. The number of anilines is 1. The molecule has 1 aliphatic carbocycles. The largest absolute Gasteiger partial charge is 0.309 e. The molecule has 1 fully saturated rings. The summed E-state index contributed by atoms with van der Waals surface area (Å²) in [5.41, 5.74) is -0.0345. The highest BCUT2D eigenvalue weighted by Gasteiger charge is 2.28. The molecular formula is C20H22FN5O2S2. The van der Waals surface area contributed by atoms with Gasteiger partial charge in [-0.1, -0.05) is 55.2 Å². The maximum Gasteiger partial charge on any atom is 0.281 e. The smallest absolute Gasteiger partial charge is 0.281 e. The number of carbonyl (C=O) groups is 1. The molecule has 30 heavy (non-hydrogen) atoms. The van der Waals surface area contributed by atoms with E-state index in [0.29, 0.717) is 17.2 Å². The number of pyridine rings is 1. The summed E-state index contributed by atoms with van der Waals surface area (Å²) < 4.78 is 15.3. The van der Waals surface area contributed by atoms with Crippen LogP contribution >= 0.6 is 23.1 Å². The fourth-order valence-corrected chi connectivity index (χ4v) is 5.25. The molecule has 1 saturated carbocycles. The number of thiazole rings is 1. The van der Waals surface area contributed by atoms with Gasteiger partial charge in [0.25, 0.3) is 5.56 Å². The molecule has 3 aromatic rings. The Morgan fingerprint density at radius 3 is 2.83 bits per heavy atom. The first-order valence-electron chi connectivity index (χ1n) is 9.89. The van der Waals surface area contributed by atoms with Crippen molar-refractivity contribution in [3.05, 3.63) is 40.8 Å². The van der Waals surface area contributed by atoms with E-state index in [1.807, 2.05) is 6.26 Å². The third-order valence-corrected chi connectivity index (χ3v) is 7.35.